The molecule has 1 atom stereocenters. The van der Waals surface area contributed by atoms with E-state index in [9.17, 15) is 0 Å². The Morgan fingerprint density at radius 2 is 2.07 bits per heavy atom. The minimum Gasteiger partial charge on any atom is -0.493 e. The quantitative estimate of drug-likeness (QED) is 0.517. The van der Waals surface area contributed by atoms with Gasteiger partial charge in [0.25, 0.3) is 0 Å². The van der Waals surface area contributed by atoms with E-state index in [-0.39, 0.29) is 0 Å². The number of ether oxygens (including phenoxy) is 2. The molecule has 0 spiro atoms. The van der Waals surface area contributed by atoms with Crippen LogP contribution in [0.5, 0.6) is 11.5 Å². The van der Waals surface area contributed by atoms with Crippen molar-refractivity contribution in [2.45, 2.75) is 25.8 Å². The van der Waals surface area contributed by atoms with Gasteiger partial charge in [-0.1, -0.05) is 6.07 Å². The van der Waals surface area contributed by atoms with Crippen molar-refractivity contribution in [3.05, 3.63) is 40.6 Å². The highest BCUT2D eigenvalue weighted by Gasteiger charge is 2.24. The lowest BCUT2D eigenvalue weighted by atomic mass is 10.2. The van der Waals surface area contributed by atoms with Gasteiger partial charge in [-0.25, -0.2) is 0 Å². The molecule has 3 rings (SSSR count). The van der Waals surface area contributed by atoms with Crippen LogP contribution >= 0.6 is 11.3 Å². The van der Waals surface area contributed by atoms with Crippen LogP contribution in [-0.2, 0) is 0 Å². The van der Waals surface area contributed by atoms with Crippen molar-refractivity contribution < 1.29 is 9.47 Å². The summed E-state index contributed by atoms with van der Waals surface area (Å²) in [6.45, 7) is 5.68. The average molecular weight is 403 g/mol. The Morgan fingerprint density at radius 1 is 1.25 bits per heavy atom. The van der Waals surface area contributed by atoms with Gasteiger partial charge in [0.05, 0.1) is 19.8 Å². The molecule has 6 nitrogen and oxygen atoms in total. The van der Waals surface area contributed by atoms with Crippen molar-refractivity contribution in [2.75, 3.05) is 45.7 Å². The molecule has 1 aromatic heterocycles. The molecule has 0 radical (unpaired) electrons. The molecule has 152 valence electrons. The van der Waals surface area contributed by atoms with Crippen LogP contribution in [0.1, 0.15) is 30.7 Å². The molecule has 1 aromatic carbocycles. The summed E-state index contributed by atoms with van der Waals surface area (Å²) in [5, 5.41) is 9.00. The summed E-state index contributed by atoms with van der Waals surface area (Å²) in [6.07, 6.45) is 2.56. The SMILES string of the molecule is CCOc1cc(NC(=NC)NCC(c2cccs2)N2CCCC2)ccc1OC. The molecule has 28 heavy (non-hydrogen) atoms. The predicted molar refractivity (Wildman–Crippen MR) is 117 cm³/mol. The smallest absolute Gasteiger partial charge is 0.195 e. The van der Waals surface area contributed by atoms with Crippen molar-refractivity contribution in [3.8, 4) is 11.5 Å². The van der Waals surface area contributed by atoms with Crippen molar-refractivity contribution in [1.29, 1.82) is 0 Å². The fourth-order valence-electron chi connectivity index (χ4n) is 3.48. The molecule has 1 unspecified atom stereocenters. The van der Waals surface area contributed by atoms with Gasteiger partial charge >= 0.3 is 0 Å². The number of hydrogen-bond acceptors (Lipinski definition) is 5. The zero-order valence-corrected chi connectivity index (χ0v) is 17.7. The normalized spacial score (nSPS) is 16.0. The van der Waals surface area contributed by atoms with E-state index < -0.39 is 0 Å². The third kappa shape index (κ3) is 5.17. The molecule has 2 N–H and O–H groups in total. The average Bonchev–Trinajstić information content (AvgIpc) is 3.42. The minimum atomic E-state index is 0.371. The van der Waals surface area contributed by atoms with Crippen molar-refractivity contribution in [3.63, 3.8) is 0 Å². The molecular weight excluding hydrogens is 372 g/mol. The highest BCUT2D eigenvalue weighted by atomic mass is 32.1. The third-order valence-corrected chi connectivity index (χ3v) is 5.84. The molecular formula is C21H30N4O2S. The van der Waals surface area contributed by atoms with Crippen LogP contribution in [0.2, 0.25) is 0 Å². The topological polar surface area (TPSA) is 58.1 Å². The Hall–Kier alpha value is -2.25. The second kappa shape index (κ2) is 10.3. The first-order chi connectivity index (χ1) is 13.7. The van der Waals surface area contributed by atoms with E-state index in [1.165, 1.54) is 17.7 Å². The maximum absolute atomic E-state index is 5.67. The van der Waals surface area contributed by atoms with Gasteiger partial charge in [-0.15, -0.1) is 11.3 Å². The van der Waals surface area contributed by atoms with Crippen LogP contribution < -0.4 is 20.1 Å². The summed E-state index contributed by atoms with van der Waals surface area (Å²) in [7, 11) is 3.44. The number of rotatable bonds is 8. The number of anilines is 1. The summed E-state index contributed by atoms with van der Waals surface area (Å²) < 4.78 is 11.0. The summed E-state index contributed by atoms with van der Waals surface area (Å²) in [6, 6.07) is 10.5. The maximum Gasteiger partial charge on any atom is 0.195 e. The minimum absolute atomic E-state index is 0.371. The number of hydrogen-bond donors (Lipinski definition) is 2. The van der Waals surface area contributed by atoms with E-state index in [0.29, 0.717) is 12.6 Å². The van der Waals surface area contributed by atoms with Crippen LogP contribution in [0.3, 0.4) is 0 Å². The number of nitrogens with zero attached hydrogens (tertiary/aromatic N) is 2. The first-order valence-corrected chi connectivity index (χ1v) is 10.7. The molecule has 1 aliphatic rings. The summed E-state index contributed by atoms with van der Waals surface area (Å²) in [4.78, 5) is 8.35. The molecule has 0 bridgehead atoms. The number of benzene rings is 1. The lowest BCUT2D eigenvalue weighted by Crippen LogP contribution is -2.39. The Kier molecular flexibility index (Phi) is 7.56. The summed E-state index contributed by atoms with van der Waals surface area (Å²) >= 11 is 1.82. The highest BCUT2D eigenvalue weighted by molar-refractivity contribution is 7.10. The van der Waals surface area contributed by atoms with Gasteiger partial charge in [0.1, 0.15) is 0 Å². The Balaban J connectivity index is 1.66. The molecule has 7 heteroatoms. The maximum atomic E-state index is 5.67. The molecule has 0 saturated carbocycles. The van der Waals surface area contributed by atoms with Crippen LogP contribution in [0.25, 0.3) is 0 Å². The molecule has 1 fully saturated rings. The summed E-state index contributed by atoms with van der Waals surface area (Å²) in [5.41, 5.74) is 0.909. The number of guanidine groups is 1. The second-order valence-corrected chi connectivity index (χ2v) is 7.63. The van der Waals surface area contributed by atoms with E-state index in [1.54, 1.807) is 14.2 Å². The predicted octanol–water partition coefficient (Wildman–Crippen LogP) is 3.98. The Morgan fingerprint density at radius 3 is 2.71 bits per heavy atom. The monoisotopic (exact) mass is 402 g/mol. The van der Waals surface area contributed by atoms with Crippen LogP contribution in [-0.4, -0.2) is 51.3 Å². The second-order valence-electron chi connectivity index (χ2n) is 6.65. The van der Waals surface area contributed by atoms with Crippen molar-refractivity contribution in [1.82, 2.24) is 10.2 Å². The lowest BCUT2D eigenvalue weighted by molar-refractivity contribution is 0.249. The van der Waals surface area contributed by atoms with Gasteiger partial charge in [0.15, 0.2) is 17.5 Å². The molecule has 1 saturated heterocycles. The zero-order chi connectivity index (χ0) is 19.8. The standard InChI is InChI=1S/C21H30N4O2S/c1-4-27-19-14-16(9-10-18(19)26-3)24-21(22-2)23-15-17(20-8-7-13-28-20)25-11-5-6-12-25/h7-10,13-14,17H,4-6,11-12,15H2,1-3H3,(H2,22,23,24). The number of methoxy groups -OCH3 is 1. The van der Waals surface area contributed by atoms with Crippen LogP contribution in [0, 0.1) is 0 Å². The van der Waals surface area contributed by atoms with Gasteiger partial charge in [-0.3, -0.25) is 9.89 Å². The van der Waals surface area contributed by atoms with Gasteiger partial charge in [-0.05, 0) is 56.4 Å². The van der Waals surface area contributed by atoms with E-state index in [2.05, 4.69) is 38.0 Å². The molecule has 0 aliphatic carbocycles. The summed E-state index contributed by atoms with van der Waals surface area (Å²) in [5.74, 6) is 2.19. The van der Waals surface area contributed by atoms with Crippen molar-refractivity contribution >= 4 is 23.0 Å². The molecule has 1 aliphatic heterocycles. The largest absolute Gasteiger partial charge is 0.493 e. The van der Waals surface area contributed by atoms with Crippen molar-refractivity contribution in [2.24, 2.45) is 4.99 Å². The number of aliphatic imine (C=N–C) groups is 1. The fourth-order valence-corrected chi connectivity index (χ4v) is 4.34. The highest BCUT2D eigenvalue weighted by Crippen LogP contribution is 2.30. The van der Waals surface area contributed by atoms with Crippen LogP contribution in [0.4, 0.5) is 5.69 Å². The number of thiophene rings is 1. The van der Waals surface area contributed by atoms with E-state index in [1.807, 2.05) is 36.5 Å². The molecule has 2 aromatic rings. The van der Waals surface area contributed by atoms with Gasteiger partial charge < -0.3 is 20.1 Å². The van der Waals surface area contributed by atoms with Gasteiger partial charge in [-0.2, -0.15) is 0 Å². The lowest BCUT2D eigenvalue weighted by Gasteiger charge is -2.27. The zero-order valence-electron chi connectivity index (χ0n) is 16.9. The third-order valence-electron chi connectivity index (χ3n) is 4.87. The fraction of sp³-hybridized carbons (Fsp3) is 0.476. The van der Waals surface area contributed by atoms with Gasteiger partial charge in [0, 0.05) is 30.2 Å². The van der Waals surface area contributed by atoms with E-state index in [0.717, 1.165) is 42.8 Å². The molecule has 0 amide bonds. The van der Waals surface area contributed by atoms with E-state index in [4.69, 9.17) is 9.47 Å². The Bertz CT molecular complexity index is 758. The molecule has 2 heterocycles. The number of likely N-dealkylation sites (tertiary alicyclic amines) is 1. The van der Waals surface area contributed by atoms with Gasteiger partial charge in [0.2, 0.25) is 0 Å². The van der Waals surface area contributed by atoms with Crippen LogP contribution in [0.15, 0.2) is 40.7 Å². The first kappa shape index (κ1) is 20.5. The number of nitrogens with one attached hydrogen (secondary N) is 2. The first-order valence-electron chi connectivity index (χ1n) is 9.81. The van der Waals surface area contributed by atoms with E-state index >= 15 is 0 Å². The Labute approximate surface area is 171 Å².